The van der Waals surface area contributed by atoms with Crippen molar-refractivity contribution in [2.45, 2.75) is 12.8 Å². The molecule has 5 nitrogen and oxygen atoms in total. The van der Waals surface area contributed by atoms with E-state index in [9.17, 15) is 4.79 Å². The molecule has 0 aliphatic rings. The fraction of sp³-hybridized carbons (Fsp3) is 0.533. The third kappa shape index (κ3) is 7.76. The van der Waals surface area contributed by atoms with Crippen LogP contribution in [0.1, 0.15) is 12.8 Å². The summed E-state index contributed by atoms with van der Waals surface area (Å²) >= 11 is 0. The monoisotopic (exact) mass is 281 g/mol. The molecule has 5 heteroatoms. The van der Waals surface area contributed by atoms with Crippen LogP contribution in [-0.2, 0) is 9.53 Å². The summed E-state index contributed by atoms with van der Waals surface area (Å²) in [5.41, 5.74) is 0. The summed E-state index contributed by atoms with van der Waals surface area (Å²) in [5.74, 6) is 0.0921. The second-order valence-electron chi connectivity index (χ2n) is 4.49. The highest BCUT2D eigenvalue weighted by Gasteiger charge is 2.07. The number of carboxylic acid groups (broad SMARTS) is 1. The van der Waals surface area contributed by atoms with Gasteiger partial charge in [-0.25, -0.2) is 0 Å². The maximum absolute atomic E-state index is 10.6. The van der Waals surface area contributed by atoms with Gasteiger partial charge in [-0.2, -0.15) is 0 Å². The molecule has 112 valence electrons. The lowest BCUT2D eigenvalue weighted by Gasteiger charge is -2.21. The summed E-state index contributed by atoms with van der Waals surface area (Å²) in [5, 5.41) is 8.73. The molecule has 1 rings (SSSR count). The van der Waals surface area contributed by atoms with Gasteiger partial charge in [-0.1, -0.05) is 18.2 Å². The number of para-hydroxylation sites is 1. The molecular formula is C15H23NO4. The van der Waals surface area contributed by atoms with Crippen molar-refractivity contribution in [1.29, 1.82) is 0 Å². The lowest BCUT2D eigenvalue weighted by molar-refractivity contribution is -0.137. The third-order valence-corrected chi connectivity index (χ3v) is 2.88. The van der Waals surface area contributed by atoms with Crippen LogP contribution in [0.5, 0.6) is 5.75 Å². The van der Waals surface area contributed by atoms with Crippen LogP contribution in [0.3, 0.4) is 0 Å². The summed E-state index contributed by atoms with van der Waals surface area (Å²) < 4.78 is 10.6. The molecule has 0 aliphatic carbocycles. The minimum atomic E-state index is -0.770. The molecule has 0 radical (unpaired) electrons. The number of methoxy groups -OCH3 is 1. The summed E-state index contributed by atoms with van der Waals surface area (Å²) in [6.45, 7) is 3.34. The molecule has 0 bridgehead atoms. The largest absolute Gasteiger partial charge is 0.494 e. The van der Waals surface area contributed by atoms with E-state index in [1.807, 2.05) is 30.3 Å². The standard InChI is InChI=1S/C15H23NO4/c1-19-13-11-16(10-8-15(17)18)9-5-12-20-14-6-3-2-4-7-14/h2-4,6-7H,5,8-13H2,1H3,(H,17,18). The lowest BCUT2D eigenvalue weighted by Crippen LogP contribution is -2.31. The Bertz CT molecular complexity index is 369. The first-order valence-corrected chi connectivity index (χ1v) is 6.83. The zero-order chi connectivity index (χ0) is 14.6. The topological polar surface area (TPSA) is 59.0 Å². The van der Waals surface area contributed by atoms with Gasteiger partial charge in [-0.3, -0.25) is 4.79 Å². The average Bonchev–Trinajstić information content (AvgIpc) is 2.46. The minimum absolute atomic E-state index is 0.156. The number of benzene rings is 1. The molecule has 0 aromatic heterocycles. The van der Waals surface area contributed by atoms with Gasteiger partial charge in [0, 0.05) is 26.7 Å². The van der Waals surface area contributed by atoms with Crippen molar-refractivity contribution < 1.29 is 19.4 Å². The number of carbonyl (C=O) groups is 1. The van der Waals surface area contributed by atoms with Gasteiger partial charge in [0.2, 0.25) is 0 Å². The van der Waals surface area contributed by atoms with Crippen molar-refractivity contribution in [1.82, 2.24) is 4.90 Å². The molecule has 0 amide bonds. The van der Waals surface area contributed by atoms with E-state index in [1.165, 1.54) is 0 Å². The van der Waals surface area contributed by atoms with Gasteiger partial charge in [0.25, 0.3) is 0 Å². The quantitative estimate of drug-likeness (QED) is 0.628. The number of nitrogens with zero attached hydrogens (tertiary/aromatic N) is 1. The first-order valence-electron chi connectivity index (χ1n) is 6.83. The van der Waals surface area contributed by atoms with Crippen molar-refractivity contribution in [3.63, 3.8) is 0 Å². The fourth-order valence-electron chi connectivity index (χ4n) is 1.80. The SMILES string of the molecule is COCCN(CCCOc1ccccc1)CCC(=O)O. The summed E-state index contributed by atoms with van der Waals surface area (Å²) in [4.78, 5) is 12.7. The van der Waals surface area contributed by atoms with Gasteiger partial charge in [0.1, 0.15) is 5.75 Å². The molecule has 0 aliphatic heterocycles. The van der Waals surface area contributed by atoms with Crippen LogP contribution < -0.4 is 4.74 Å². The van der Waals surface area contributed by atoms with Gasteiger partial charge in [-0.15, -0.1) is 0 Å². The predicted molar refractivity (Wildman–Crippen MR) is 77.1 cm³/mol. The molecule has 0 atom stereocenters. The zero-order valence-electron chi connectivity index (χ0n) is 12.0. The first kappa shape index (κ1) is 16.5. The zero-order valence-corrected chi connectivity index (χ0v) is 12.0. The minimum Gasteiger partial charge on any atom is -0.494 e. The lowest BCUT2D eigenvalue weighted by atomic mass is 10.3. The summed E-state index contributed by atoms with van der Waals surface area (Å²) in [7, 11) is 1.65. The molecule has 1 aromatic carbocycles. The Hall–Kier alpha value is -1.59. The van der Waals surface area contributed by atoms with E-state index >= 15 is 0 Å². The second kappa shape index (κ2) is 10.2. The highest BCUT2D eigenvalue weighted by atomic mass is 16.5. The molecule has 0 heterocycles. The van der Waals surface area contributed by atoms with Gasteiger partial charge in [0.15, 0.2) is 0 Å². The van der Waals surface area contributed by atoms with Crippen molar-refractivity contribution in [3.8, 4) is 5.75 Å². The third-order valence-electron chi connectivity index (χ3n) is 2.88. The van der Waals surface area contributed by atoms with E-state index in [0.717, 1.165) is 25.3 Å². The Morgan fingerprint density at radius 2 is 1.90 bits per heavy atom. The van der Waals surface area contributed by atoms with E-state index in [2.05, 4.69) is 4.90 Å². The predicted octanol–water partition coefficient (Wildman–Crippen LogP) is 1.88. The molecule has 1 aromatic rings. The molecule has 0 unspecified atom stereocenters. The second-order valence-corrected chi connectivity index (χ2v) is 4.49. The molecule has 0 saturated heterocycles. The molecule has 0 fully saturated rings. The Morgan fingerprint density at radius 1 is 1.15 bits per heavy atom. The molecule has 20 heavy (non-hydrogen) atoms. The van der Waals surface area contributed by atoms with Crippen LogP contribution in [-0.4, -0.2) is 55.9 Å². The molecular weight excluding hydrogens is 258 g/mol. The molecule has 0 saturated carbocycles. The number of aliphatic carboxylic acids is 1. The van der Waals surface area contributed by atoms with E-state index in [1.54, 1.807) is 7.11 Å². The van der Waals surface area contributed by atoms with E-state index in [4.69, 9.17) is 14.6 Å². The van der Waals surface area contributed by atoms with Crippen molar-refractivity contribution in [2.75, 3.05) is 40.0 Å². The van der Waals surface area contributed by atoms with Crippen molar-refractivity contribution >= 4 is 5.97 Å². The average molecular weight is 281 g/mol. The van der Waals surface area contributed by atoms with Crippen molar-refractivity contribution in [3.05, 3.63) is 30.3 Å². The Labute approximate surface area is 120 Å². The molecule has 0 spiro atoms. The highest BCUT2D eigenvalue weighted by Crippen LogP contribution is 2.08. The van der Waals surface area contributed by atoms with Crippen LogP contribution in [0.25, 0.3) is 0 Å². The highest BCUT2D eigenvalue weighted by molar-refractivity contribution is 5.66. The van der Waals surface area contributed by atoms with E-state index in [0.29, 0.717) is 19.8 Å². The fourth-order valence-corrected chi connectivity index (χ4v) is 1.80. The van der Waals surface area contributed by atoms with Crippen LogP contribution in [0, 0.1) is 0 Å². The van der Waals surface area contributed by atoms with Gasteiger partial charge in [0.05, 0.1) is 19.6 Å². The summed E-state index contributed by atoms with van der Waals surface area (Å²) in [6, 6.07) is 9.67. The van der Waals surface area contributed by atoms with E-state index < -0.39 is 5.97 Å². The maximum atomic E-state index is 10.6. The maximum Gasteiger partial charge on any atom is 0.304 e. The first-order chi connectivity index (χ1) is 9.72. The van der Waals surface area contributed by atoms with Crippen LogP contribution in [0.2, 0.25) is 0 Å². The van der Waals surface area contributed by atoms with Crippen LogP contribution in [0.4, 0.5) is 0 Å². The van der Waals surface area contributed by atoms with Gasteiger partial charge in [-0.05, 0) is 18.6 Å². The molecule has 1 N–H and O–H groups in total. The Kier molecular flexibility index (Phi) is 8.42. The van der Waals surface area contributed by atoms with Crippen molar-refractivity contribution in [2.24, 2.45) is 0 Å². The number of hydrogen-bond acceptors (Lipinski definition) is 4. The van der Waals surface area contributed by atoms with Crippen LogP contribution >= 0.6 is 0 Å². The number of hydrogen-bond donors (Lipinski definition) is 1. The van der Waals surface area contributed by atoms with Gasteiger partial charge < -0.3 is 19.5 Å². The number of carboxylic acids is 1. The van der Waals surface area contributed by atoms with Gasteiger partial charge >= 0.3 is 5.97 Å². The number of ether oxygens (including phenoxy) is 2. The smallest absolute Gasteiger partial charge is 0.304 e. The Balaban J connectivity index is 2.21. The van der Waals surface area contributed by atoms with Crippen LogP contribution in [0.15, 0.2) is 30.3 Å². The summed E-state index contributed by atoms with van der Waals surface area (Å²) in [6.07, 6.45) is 1.02. The Morgan fingerprint density at radius 3 is 2.55 bits per heavy atom. The number of rotatable bonds is 11. The van der Waals surface area contributed by atoms with E-state index in [-0.39, 0.29) is 6.42 Å². The normalized spacial score (nSPS) is 10.7.